The maximum absolute atomic E-state index is 11.4. The number of hydrogen-bond donors (Lipinski definition) is 1. The van der Waals surface area contributed by atoms with Gasteiger partial charge < -0.3 is 14.6 Å². The zero-order valence-electron chi connectivity index (χ0n) is 19.6. The Morgan fingerprint density at radius 3 is 1.91 bits per heavy atom. The van der Waals surface area contributed by atoms with Gasteiger partial charge >= 0.3 is 0 Å². The topological polar surface area (TPSA) is 38.7 Å². The van der Waals surface area contributed by atoms with E-state index < -0.39 is 11.5 Å². The van der Waals surface area contributed by atoms with E-state index in [9.17, 15) is 5.11 Å². The molecular weight excluding hydrogens is 396 g/mol. The fourth-order valence-electron chi connectivity index (χ4n) is 5.61. The van der Waals surface area contributed by atoms with Crippen LogP contribution in [0.15, 0.2) is 84.5 Å². The first-order valence-electron chi connectivity index (χ1n) is 11.7. The van der Waals surface area contributed by atoms with Crippen LogP contribution in [0.3, 0.4) is 0 Å². The molecule has 0 heterocycles. The molecular formula is C29H36O3. The number of allylic oxidation sites excluding steroid dienone is 2. The molecule has 2 aromatic rings. The summed E-state index contributed by atoms with van der Waals surface area (Å²) >= 11 is 0. The van der Waals surface area contributed by atoms with Gasteiger partial charge in [0, 0.05) is 10.8 Å². The molecule has 2 aromatic carbocycles. The third-order valence-electron chi connectivity index (χ3n) is 7.21. The highest BCUT2D eigenvalue weighted by molar-refractivity contribution is 5.38. The zero-order chi connectivity index (χ0) is 22.7. The van der Waals surface area contributed by atoms with Gasteiger partial charge in [0.15, 0.2) is 0 Å². The summed E-state index contributed by atoms with van der Waals surface area (Å²) in [5.41, 5.74) is 2.83. The lowest BCUT2D eigenvalue weighted by atomic mass is 9.54. The highest BCUT2D eigenvalue weighted by Gasteiger charge is 2.62. The average Bonchev–Trinajstić information content (AvgIpc) is 3.05. The van der Waals surface area contributed by atoms with Crippen LogP contribution in [0.1, 0.15) is 44.7 Å². The first kappa shape index (κ1) is 23.0. The summed E-state index contributed by atoms with van der Waals surface area (Å²) < 4.78 is 12.7. The van der Waals surface area contributed by atoms with Crippen LogP contribution in [0.4, 0.5) is 0 Å². The Bertz CT molecular complexity index is 941. The minimum atomic E-state index is -0.558. The number of ether oxygens (including phenoxy) is 2. The van der Waals surface area contributed by atoms with Crippen molar-refractivity contribution >= 4 is 0 Å². The fraction of sp³-hybridized carbons (Fsp3) is 0.448. The number of aliphatic hydroxyl groups excluding tert-OH is 1. The molecule has 2 aliphatic carbocycles. The lowest BCUT2D eigenvalue weighted by Crippen LogP contribution is -2.53. The van der Waals surface area contributed by atoms with Crippen molar-refractivity contribution in [3.63, 3.8) is 0 Å². The molecule has 3 atom stereocenters. The van der Waals surface area contributed by atoms with E-state index in [1.165, 1.54) is 11.1 Å². The van der Waals surface area contributed by atoms with Crippen molar-refractivity contribution in [3.8, 4) is 0 Å². The van der Waals surface area contributed by atoms with Crippen molar-refractivity contribution < 1.29 is 14.6 Å². The van der Waals surface area contributed by atoms with Gasteiger partial charge in [-0.05, 0) is 29.4 Å². The summed E-state index contributed by atoms with van der Waals surface area (Å²) in [5, 5.41) is 11.4. The summed E-state index contributed by atoms with van der Waals surface area (Å²) in [7, 11) is 0. The molecule has 0 fully saturated rings. The Balaban J connectivity index is 1.59. The highest BCUT2D eigenvalue weighted by Crippen LogP contribution is 2.63. The highest BCUT2D eigenvalue weighted by atomic mass is 16.5. The molecule has 2 aliphatic rings. The normalized spacial score (nSPS) is 27.2. The Hall–Kier alpha value is -2.20. The van der Waals surface area contributed by atoms with E-state index in [-0.39, 0.29) is 10.8 Å². The lowest BCUT2D eigenvalue weighted by Gasteiger charge is -2.52. The van der Waals surface area contributed by atoms with E-state index in [1.54, 1.807) is 0 Å². The van der Waals surface area contributed by atoms with Gasteiger partial charge in [0.25, 0.3) is 0 Å². The summed E-state index contributed by atoms with van der Waals surface area (Å²) in [6.07, 6.45) is 7.66. The van der Waals surface area contributed by atoms with Crippen molar-refractivity contribution in [1.29, 1.82) is 0 Å². The molecule has 0 saturated heterocycles. The number of benzene rings is 2. The summed E-state index contributed by atoms with van der Waals surface area (Å²) in [6, 6.07) is 20.6. The second-order valence-electron chi connectivity index (χ2n) is 10.3. The van der Waals surface area contributed by atoms with Crippen molar-refractivity contribution in [2.75, 3.05) is 13.2 Å². The number of hydrogen-bond acceptors (Lipinski definition) is 3. The van der Waals surface area contributed by atoms with Gasteiger partial charge in [0.1, 0.15) is 0 Å². The quantitative estimate of drug-likeness (QED) is 0.513. The van der Waals surface area contributed by atoms with Crippen LogP contribution >= 0.6 is 0 Å². The third-order valence-corrected chi connectivity index (χ3v) is 7.21. The van der Waals surface area contributed by atoms with Crippen molar-refractivity contribution in [1.82, 2.24) is 0 Å². The van der Waals surface area contributed by atoms with Crippen LogP contribution in [-0.4, -0.2) is 24.4 Å². The predicted molar refractivity (Wildman–Crippen MR) is 129 cm³/mol. The van der Waals surface area contributed by atoms with Crippen LogP contribution in [0, 0.1) is 16.2 Å². The van der Waals surface area contributed by atoms with Gasteiger partial charge in [-0.25, -0.2) is 0 Å². The Kier molecular flexibility index (Phi) is 6.71. The third kappa shape index (κ3) is 4.34. The standard InChI is InChI=1S/C29H36O3/c1-27(2,3)25-18-26(30)29(22-32-20-24-14-8-5-9-15-24)17-11-10-16-28(25,29)21-31-19-23-12-6-4-7-13-23/h4-15,18,26,30H,16-17,19-22H2,1-3H3/t26?,28-,29+/m0/s1. The molecule has 3 heteroatoms. The molecule has 0 amide bonds. The van der Waals surface area contributed by atoms with Gasteiger partial charge in [0.2, 0.25) is 0 Å². The molecule has 0 spiro atoms. The van der Waals surface area contributed by atoms with E-state index in [4.69, 9.17) is 9.47 Å². The number of rotatable bonds is 8. The minimum absolute atomic E-state index is 0.0660. The van der Waals surface area contributed by atoms with Gasteiger partial charge in [-0.3, -0.25) is 0 Å². The van der Waals surface area contributed by atoms with Crippen LogP contribution in [0.5, 0.6) is 0 Å². The number of fused-ring (bicyclic) bond motifs is 1. The van der Waals surface area contributed by atoms with E-state index in [2.05, 4.69) is 63.3 Å². The molecule has 1 unspecified atom stereocenters. The molecule has 0 radical (unpaired) electrons. The Morgan fingerprint density at radius 1 is 0.812 bits per heavy atom. The van der Waals surface area contributed by atoms with E-state index in [1.807, 2.05) is 36.4 Å². The second-order valence-corrected chi connectivity index (χ2v) is 10.3. The molecule has 0 saturated carbocycles. The van der Waals surface area contributed by atoms with Gasteiger partial charge in [-0.2, -0.15) is 0 Å². The molecule has 1 N–H and O–H groups in total. The van der Waals surface area contributed by atoms with E-state index in [0.29, 0.717) is 26.4 Å². The zero-order valence-corrected chi connectivity index (χ0v) is 19.6. The van der Waals surface area contributed by atoms with Crippen molar-refractivity contribution in [2.24, 2.45) is 16.2 Å². The van der Waals surface area contributed by atoms with Crippen LogP contribution in [-0.2, 0) is 22.7 Å². The summed E-state index contributed by atoms with van der Waals surface area (Å²) in [5.74, 6) is 0. The Morgan fingerprint density at radius 2 is 1.34 bits per heavy atom. The summed E-state index contributed by atoms with van der Waals surface area (Å²) in [6.45, 7) is 8.90. The largest absolute Gasteiger partial charge is 0.388 e. The smallest absolute Gasteiger partial charge is 0.0814 e. The molecule has 0 aliphatic heterocycles. The molecule has 0 bridgehead atoms. The molecule has 4 rings (SSSR count). The average molecular weight is 433 g/mol. The summed E-state index contributed by atoms with van der Waals surface area (Å²) in [4.78, 5) is 0. The van der Waals surface area contributed by atoms with Gasteiger partial charge in [-0.15, -0.1) is 0 Å². The molecule has 0 aromatic heterocycles. The lowest BCUT2D eigenvalue weighted by molar-refractivity contribution is -0.119. The van der Waals surface area contributed by atoms with Crippen LogP contribution in [0.2, 0.25) is 0 Å². The maximum atomic E-state index is 11.4. The van der Waals surface area contributed by atoms with Crippen LogP contribution in [0.25, 0.3) is 0 Å². The monoisotopic (exact) mass is 432 g/mol. The minimum Gasteiger partial charge on any atom is -0.388 e. The number of aliphatic hydroxyl groups is 1. The predicted octanol–water partition coefficient (Wildman–Crippen LogP) is 6.09. The van der Waals surface area contributed by atoms with Gasteiger partial charge in [0.05, 0.1) is 32.5 Å². The molecule has 170 valence electrons. The second kappa shape index (κ2) is 9.35. The maximum Gasteiger partial charge on any atom is 0.0814 e. The van der Waals surface area contributed by atoms with Gasteiger partial charge in [-0.1, -0.05) is 105 Å². The molecule has 32 heavy (non-hydrogen) atoms. The van der Waals surface area contributed by atoms with Crippen molar-refractivity contribution in [2.45, 2.75) is 52.9 Å². The molecule has 3 nitrogen and oxygen atoms in total. The van der Waals surface area contributed by atoms with Crippen molar-refractivity contribution in [3.05, 3.63) is 95.6 Å². The van der Waals surface area contributed by atoms with E-state index in [0.717, 1.165) is 18.4 Å². The van der Waals surface area contributed by atoms with Crippen LogP contribution < -0.4 is 0 Å². The Labute approximate surface area is 192 Å². The SMILES string of the molecule is CC(C)(C)C1=CC(O)[C@]2(COCc3ccccc3)CC=CC[C@]12COCc1ccccc1. The van der Waals surface area contributed by atoms with E-state index >= 15 is 0 Å². The first-order valence-corrected chi connectivity index (χ1v) is 11.7. The first-order chi connectivity index (χ1) is 15.4. The fourth-order valence-corrected chi connectivity index (χ4v) is 5.61.